The molecule has 0 radical (unpaired) electrons. The number of carbonyl (C=O) groups is 1. The van der Waals surface area contributed by atoms with Crippen molar-refractivity contribution in [3.05, 3.63) is 24.3 Å². The zero-order valence-corrected chi connectivity index (χ0v) is 16.1. The van der Waals surface area contributed by atoms with Gasteiger partial charge in [-0.15, -0.1) is 0 Å². The summed E-state index contributed by atoms with van der Waals surface area (Å²) in [5.74, 6) is -0.156. The molecule has 2 aliphatic carbocycles. The maximum atomic E-state index is 12.6. The zero-order valence-electron chi connectivity index (χ0n) is 16.1. The summed E-state index contributed by atoms with van der Waals surface area (Å²) < 4.78 is 16.6. The van der Waals surface area contributed by atoms with Gasteiger partial charge in [0.15, 0.2) is 5.79 Å². The van der Waals surface area contributed by atoms with Gasteiger partial charge in [0.25, 0.3) is 0 Å². The third kappa shape index (κ3) is 3.08. The average Bonchev–Trinajstić information content (AvgIpc) is 3.00. The van der Waals surface area contributed by atoms with Gasteiger partial charge in [0.2, 0.25) is 0 Å². The molecule has 140 valence electrons. The smallest absolute Gasteiger partial charge is 0.311 e. The number of rotatable bonds is 3. The number of esters is 1. The summed E-state index contributed by atoms with van der Waals surface area (Å²) >= 11 is 0. The summed E-state index contributed by atoms with van der Waals surface area (Å²) in [6, 6.07) is 0. The molecule has 4 heteroatoms. The molecule has 4 atom stereocenters. The van der Waals surface area contributed by atoms with Gasteiger partial charge < -0.3 is 14.2 Å². The normalized spacial score (nSPS) is 40.9. The van der Waals surface area contributed by atoms with Gasteiger partial charge >= 0.3 is 5.97 Å². The zero-order chi connectivity index (χ0) is 18.3. The van der Waals surface area contributed by atoms with Gasteiger partial charge in [-0.25, -0.2) is 0 Å². The van der Waals surface area contributed by atoms with E-state index in [0.29, 0.717) is 19.1 Å². The van der Waals surface area contributed by atoms with Crippen molar-refractivity contribution in [2.75, 3.05) is 20.3 Å². The molecular weight excluding hydrogens is 316 g/mol. The highest BCUT2D eigenvalue weighted by molar-refractivity contribution is 5.77. The predicted octanol–water partition coefficient (Wildman–Crippen LogP) is 4.26. The fourth-order valence-electron chi connectivity index (χ4n) is 5.62. The van der Waals surface area contributed by atoms with Crippen LogP contribution in [0.15, 0.2) is 24.3 Å². The molecule has 2 saturated carbocycles. The van der Waals surface area contributed by atoms with E-state index < -0.39 is 11.2 Å². The Morgan fingerprint density at radius 2 is 1.92 bits per heavy atom. The van der Waals surface area contributed by atoms with Crippen LogP contribution in [0.25, 0.3) is 0 Å². The summed E-state index contributed by atoms with van der Waals surface area (Å²) in [6.07, 6.45) is 9.30. The highest BCUT2D eigenvalue weighted by Crippen LogP contribution is 2.61. The second kappa shape index (κ2) is 6.55. The van der Waals surface area contributed by atoms with Crippen LogP contribution in [-0.4, -0.2) is 32.1 Å². The summed E-state index contributed by atoms with van der Waals surface area (Å²) in [6.45, 7) is 12.0. The molecule has 0 spiro atoms. The van der Waals surface area contributed by atoms with E-state index in [-0.39, 0.29) is 17.3 Å². The second-order valence-corrected chi connectivity index (χ2v) is 8.57. The molecule has 3 rings (SSSR count). The number of hydrogen-bond donors (Lipinski definition) is 0. The molecule has 0 aromatic heterocycles. The molecule has 1 aliphatic heterocycles. The molecule has 4 nitrogen and oxygen atoms in total. The molecule has 0 bridgehead atoms. The predicted molar refractivity (Wildman–Crippen MR) is 96.9 cm³/mol. The lowest BCUT2D eigenvalue weighted by Gasteiger charge is -2.57. The van der Waals surface area contributed by atoms with E-state index in [9.17, 15) is 4.79 Å². The lowest BCUT2D eigenvalue weighted by molar-refractivity contribution is -0.166. The maximum absolute atomic E-state index is 12.6. The van der Waals surface area contributed by atoms with Gasteiger partial charge in [-0.1, -0.05) is 31.6 Å². The molecule has 1 heterocycles. The lowest BCUT2D eigenvalue weighted by Crippen LogP contribution is -2.53. The van der Waals surface area contributed by atoms with Gasteiger partial charge in [-0.2, -0.15) is 0 Å². The summed E-state index contributed by atoms with van der Waals surface area (Å²) in [7, 11) is 1.51. The molecule has 0 unspecified atom stereocenters. The molecule has 25 heavy (non-hydrogen) atoms. The van der Waals surface area contributed by atoms with Gasteiger partial charge in [0, 0.05) is 5.92 Å². The van der Waals surface area contributed by atoms with Gasteiger partial charge in [0.05, 0.1) is 25.7 Å². The quantitative estimate of drug-likeness (QED) is 0.565. The largest absolute Gasteiger partial charge is 0.469 e. The van der Waals surface area contributed by atoms with Crippen LogP contribution in [0.4, 0.5) is 0 Å². The van der Waals surface area contributed by atoms with Gasteiger partial charge in [0.1, 0.15) is 0 Å². The molecule has 3 fully saturated rings. The van der Waals surface area contributed by atoms with Crippen molar-refractivity contribution in [1.29, 1.82) is 0 Å². The number of allylic oxidation sites excluding steroid dienone is 2. The Morgan fingerprint density at radius 1 is 1.24 bits per heavy atom. The SMILES string of the molecule is C=C1CC[C@@H]2[C@](C)(CCC[C@]2(C)C(=O)OC)[C@H]1/C=C/C1(C)OCCO1. The first-order valence-corrected chi connectivity index (χ1v) is 9.48. The van der Waals surface area contributed by atoms with Crippen molar-refractivity contribution in [3.63, 3.8) is 0 Å². The Morgan fingerprint density at radius 3 is 2.56 bits per heavy atom. The fourth-order valence-corrected chi connectivity index (χ4v) is 5.62. The van der Waals surface area contributed by atoms with Crippen LogP contribution in [0, 0.1) is 22.7 Å². The van der Waals surface area contributed by atoms with Crippen molar-refractivity contribution in [2.45, 2.75) is 58.7 Å². The molecule has 3 aliphatic rings. The molecule has 0 amide bonds. The van der Waals surface area contributed by atoms with Crippen molar-refractivity contribution in [2.24, 2.45) is 22.7 Å². The van der Waals surface area contributed by atoms with E-state index in [2.05, 4.69) is 26.5 Å². The topological polar surface area (TPSA) is 44.8 Å². The van der Waals surface area contributed by atoms with E-state index in [0.717, 1.165) is 32.1 Å². The third-order valence-electron chi connectivity index (χ3n) is 6.98. The maximum Gasteiger partial charge on any atom is 0.311 e. The van der Waals surface area contributed by atoms with E-state index in [4.69, 9.17) is 14.2 Å². The second-order valence-electron chi connectivity index (χ2n) is 8.57. The lowest BCUT2D eigenvalue weighted by atomic mass is 9.47. The number of carbonyl (C=O) groups excluding carboxylic acids is 1. The van der Waals surface area contributed by atoms with Crippen LogP contribution >= 0.6 is 0 Å². The van der Waals surface area contributed by atoms with Crippen molar-refractivity contribution >= 4 is 5.97 Å². The number of ether oxygens (including phenoxy) is 3. The highest BCUT2D eigenvalue weighted by Gasteiger charge is 2.57. The first-order chi connectivity index (χ1) is 11.8. The highest BCUT2D eigenvalue weighted by atomic mass is 16.7. The Balaban J connectivity index is 1.91. The molecule has 0 aromatic carbocycles. The van der Waals surface area contributed by atoms with Crippen LogP contribution in [0.5, 0.6) is 0 Å². The Hall–Kier alpha value is -1.13. The number of methoxy groups -OCH3 is 1. The van der Waals surface area contributed by atoms with E-state index in [1.165, 1.54) is 12.7 Å². The van der Waals surface area contributed by atoms with E-state index >= 15 is 0 Å². The first-order valence-electron chi connectivity index (χ1n) is 9.48. The fraction of sp³-hybridized carbons (Fsp3) is 0.762. The monoisotopic (exact) mass is 348 g/mol. The van der Waals surface area contributed by atoms with E-state index in [1.807, 2.05) is 13.0 Å². The van der Waals surface area contributed by atoms with Crippen molar-refractivity contribution in [1.82, 2.24) is 0 Å². The summed E-state index contributed by atoms with van der Waals surface area (Å²) in [4.78, 5) is 12.6. The van der Waals surface area contributed by atoms with Gasteiger partial charge in [-0.3, -0.25) is 4.79 Å². The van der Waals surface area contributed by atoms with Gasteiger partial charge in [-0.05, 0) is 56.9 Å². The Bertz CT molecular complexity index is 574. The minimum absolute atomic E-state index is 0.0159. The molecule has 0 aromatic rings. The summed E-state index contributed by atoms with van der Waals surface area (Å²) in [5.41, 5.74) is 0.867. The van der Waals surface area contributed by atoms with Crippen molar-refractivity contribution in [3.8, 4) is 0 Å². The number of hydrogen-bond acceptors (Lipinski definition) is 4. The first kappa shape index (κ1) is 18.7. The summed E-state index contributed by atoms with van der Waals surface area (Å²) in [5, 5.41) is 0. The Kier molecular flexibility index (Phi) is 4.89. The van der Waals surface area contributed by atoms with Crippen LogP contribution in [0.1, 0.15) is 52.9 Å². The Labute approximate surface area is 151 Å². The molecule has 1 saturated heterocycles. The van der Waals surface area contributed by atoms with Crippen LogP contribution in [0.2, 0.25) is 0 Å². The molecule has 0 N–H and O–H groups in total. The standard InChI is InChI=1S/C21H32O4/c1-15-7-8-17-19(2,10-6-11-20(17,3)18(22)23-5)16(15)9-12-21(4)24-13-14-25-21/h9,12,16-17H,1,6-8,10-11,13-14H2,2-5H3/b12-9+/t16-,17+,19+,20-/m0/s1. The third-order valence-corrected chi connectivity index (χ3v) is 6.98. The van der Waals surface area contributed by atoms with Crippen LogP contribution < -0.4 is 0 Å². The minimum atomic E-state index is -0.635. The molecular formula is C21H32O4. The van der Waals surface area contributed by atoms with Crippen molar-refractivity contribution < 1.29 is 19.0 Å². The number of fused-ring (bicyclic) bond motifs is 1. The minimum Gasteiger partial charge on any atom is -0.469 e. The van der Waals surface area contributed by atoms with Crippen LogP contribution in [-0.2, 0) is 19.0 Å². The van der Waals surface area contributed by atoms with Crippen LogP contribution in [0.3, 0.4) is 0 Å². The average molecular weight is 348 g/mol. The van der Waals surface area contributed by atoms with E-state index in [1.54, 1.807) is 0 Å².